The molecule has 1 saturated heterocycles. The summed E-state index contributed by atoms with van der Waals surface area (Å²) in [6, 6.07) is 7.69. The number of aromatic nitrogens is 4. The zero-order chi connectivity index (χ0) is 20.1. The first-order valence-corrected chi connectivity index (χ1v) is 10.1. The van der Waals surface area contributed by atoms with Crippen molar-refractivity contribution in [2.75, 3.05) is 24.5 Å². The van der Waals surface area contributed by atoms with Crippen LogP contribution in [0, 0.1) is 0 Å². The lowest BCUT2D eigenvalue weighted by Gasteiger charge is -2.33. The van der Waals surface area contributed by atoms with Crippen molar-refractivity contribution < 1.29 is 4.79 Å². The first kappa shape index (κ1) is 19.1. The summed E-state index contributed by atoms with van der Waals surface area (Å²) in [5, 5.41) is 2.85. The fraction of sp³-hybridized carbons (Fsp3) is 0.364. The van der Waals surface area contributed by atoms with Gasteiger partial charge in [0, 0.05) is 62.1 Å². The average molecular weight is 390 g/mol. The molecule has 0 bridgehead atoms. The maximum absolute atomic E-state index is 12.2. The Kier molecular flexibility index (Phi) is 5.84. The number of amides is 1. The molecule has 7 heteroatoms. The lowest BCUT2D eigenvalue weighted by Crippen LogP contribution is -2.36. The molecule has 0 spiro atoms. The molecular formula is C22H26N6O. The first-order valence-electron chi connectivity index (χ1n) is 10.1. The smallest absolute Gasteiger partial charge is 0.251 e. The van der Waals surface area contributed by atoms with E-state index in [4.69, 9.17) is 0 Å². The van der Waals surface area contributed by atoms with Crippen LogP contribution in [0.15, 0.2) is 55.2 Å². The minimum atomic E-state index is -0.0586. The van der Waals surface area contributed by atoms with Gasteiger partial charge >= 0.3 is 0 Å². The highest BCUT2D eigenvalue weighted by molar-refractivity contribution is 5.94. The molecule has 29 heavy (non-hydrogen) atoms. The van der Waals surface area contributed by atoms with Crippen molar-refractivity contribution >= 4 is 11.7 Å². The lowest BCUT2D eigenvalue weighted by atomic mass is 9.97. The van der Waals surface area contributed by atoms with Crippen LogP contribution >= 0.6 is 0 Å². The average Bonchev–Trinajstić information content (AvgIpc) is 3.23. The molecule has 7 nitrogen and oxygen atoms in total. The van der Waals surface area contributed by atoms with Crippen molar-refractivity contribution in [3.05, 3.63) is 72.2 Å². The summed E-state index contributed by atoms with van der Waals surface area (Å²) in [5.74, 6) is 2.21. The highest BCUT2D eigenvalue weighted by atomic mass is 16.1. The fourth-order valence-electron chi connectivity index (χ4n) is 3.89. The summed E-state index contributed by atoms with van der Waals surface area (Å²) >= 11 is 0. The summed E-state index contributed by atoms with van der Waals surface area (Å²) in [6.07, 6.45) is 11.5. The fourth-order valence-corrected chi connectivity index (χ4v) is 3.89. The third-order valence-corrected chi connectivity index (χ3v) is 5.28. The van der Waals surface area contributed by atoms with Crippen molar-refractivity contribution in [2.45, 2.75) is 32.2 Å². The van der Waals surface area contributed by atoms with Crippen LogP contribution in [0.3, 0.4) is 0 Å². The summed E-state index contributed by atoms with van der Waals surface area (Å²) in [5.41, 5.74) is 1.81. The third kappa shape index (κ3) is 4.45. The first-order chi connectivity index (χ1) is 14.2. The minimum absolute atomic E-state index is 0.0586. The van der Waals surface area contributed by atoms with Crippen molar-refractivity contribution in [3.8, 4) is 0 Å². The van der Waals surface area contributed by atoms with Gasteiger partial charge in [0.05, 0.1) is 6.54 Å². The molecule has 3 aromatic rings. The van der Waals surface area contributed by atoms with Gasteiger partial charge in [-0.05, 0) is 43.5 Å². The third-order valence-electron chi connectivity index (χ3n) is 5.28. The molecule has 1 atom stereocenters. The van der Waals surface area contributed by atoms with Gasteiger partial charge in [0.2, 0.25) is 0 Å². The molecule has 4 rings (SSSR count). The van der Waals surface area contributed by atoms with Crippen LogP contribution in [0.2, 0.25) is 0 Å². The highest BCUT2D eigenvalue weighted by Crippen LogP contribution is 2.29. The molecule has 0 saturated carbocycles. The van der Waals surface area contributed by atoms with Gasteiger partial charge in [-0.3, -0.25) is 9.78 Å². The molecule has 1 aliphatic rings. The Morgan fingerprint density at radius 3 is 3.00 bits per heavy atom. The number of imidazole rings is 1. The van der Waals surface area contributed by atoms with Crippen LogP contribution in [0.4, 0.5) is 5.82 Å². The molecule has 0 aromatic carbocycles. The van der Waals surface area contributed by atoms with Crippen molar-refractivity contribution in [1.29, 1.82) is 0 Å². The Hall–Kier alpha value is -3.22. The molecule has 1 fully saturated rings. The van der Waals surface area contributed by atoms with Crippen LogP contribution in [-0.4, -0.2) is 45.1 Å². The molecule has 1 N–H and O–H groups in total. The minimum Gasteiger partial charge on any atom is -0.356 e. The zero-order valence-corrected chi connectivity index (χ0v) is 16.7. The topological polar surface area (TPSA) is 75.9 Å². The molecule has 4 heterocycles. The Balaban J connectivity index is 1.51. The molecule has 1 amide bonds. The second-order valence-corrected chi connectivity index (χ2v) is 7.32. The second-order valence-electron chi connectivity index (χ2n) is 7.32. The van der Waals surface area contributed by atoms with Gasteiger partial charge in [0.25, 0.3) is 5.91 Å². The number of hydrogen-bond donors (Lipinski definition) is 1. The zero-order valence-electron chi connectivity index (χ0n) is 16.7. The maximum Gasteiger partial charge on any atom is 0.251 e. The molecule has 3 aromatic heterocycles. The summed E-state index contributed by atoms with van der Waals surface area (Å²) in [6.45, 7) is 5.08. The van der Waals surface area contributed by atoms with Crippen molar-refractivity contribution in [1.82, 2.24) is 24.8 Å². The van der Waals surface area contributed by atoms with Crippen LogP contribution < -0.4 is 10.2 Å². The van der Waals surface area contributed by atoms with E-state index in [-0.39, 0.29) is 5.91 Å². The van der Waals surface area contributed by atoms with E-state index in [0.29, 0.717) is 18.0 Å². The van der Waals surface area contributed by atoms with E-state index in [2.05, 4.69) is 35.8 Å². The van der Waals surface area contributed by atoms with Crippen LogP contribution in [-0.2, 0) is 6.54 Å². The number of nitrogens with zero attached hydrogens (tertiary/aromatic N) is 5. The summed E-state index contributed by atoms with van der Waals surface area (Å²) in [4.78, 5) is 27.8. The number of hydrogen-bond acceptors (Lipinski definition) is 5. The maximum atomic E-state index is 12.2. The van der Waals surface area contributed by atoms with Gasteiger partial charge < -0.3 is 14.8 Å². The van der Waals surface area contributed by atoms with Gasteiger partial charge in [0.1, 0.15) is 11.6 Å². The number of carbonyl (C=O) groups is 1. The van der Waals surface area contributed by atoms with Crippen LogP contribution in [0.1, 0.15) is 47.4 Å². The quantitative estimate of drug-likeness (QED) is 0.700. The monoisotopic (exact) mass is 390 g/mol. The van der Waals surface area contributed by atoms with Crippen LogP contribution in [0.5, 0.6) is 0 Å². The van der Waals surface area contributed by atoms with Gasteiger partial charge in [-0.25, -0.2) is 9.97 Å². The van der Waals surface area contributed by atoms with E-state index < -0.39 is 0 Å². The van der Waals surface area contributed by atoms with E-state index in [0.717, 1.165) is 49.7 Å². The van der Waals surface area contributed by atoms with Gasteiger partial charge in [-0.1, -0.05) is 6.07 Å². The predicted octanol–water partition coefficient (Wildman–Crippen LogP) is 2.86. The number of nitrogens with one attached hydrogen (secondary N) is 1. The standard InChI is InChI=1S/C22H26N6O/c1-2-24-22(29)18-7-9-25-20(13-18)27-11-4-6-19(16-27)21-26-10-12-28(21)15-17-5-3-8-23-14-17/h3,5,7-10,12-14,19H,2,4,6,11,15-16H2,1H3,(H,24,29)/t19-/m1/s1. The number of carbonyl (C=O) groups excluding carboxylic acids is 1. The Bertz CT molecular complexity index is 955. The number of anilines is 1. The normalized spacial score (nSPS) is 16.6. The summed E-state index contributed by atoms with van der Waals surface area (Å²) in [7, 11) is 0. The van der Waals surface area contributed by atoms with E-state index in [1.54, 1.807) is 18.5 Å². The van der Waals surface area contributed by atoms with Gasteiger partial charge in [-0.15, -0.1) is 0 Å². The van der Waals surface area contributed by atoms with Gasteiger partial charge in [0.15, 0.2) is 0 Å². The molecule has 1 aliphatic heterocycles. The van der Waals surface area contributed by atoms with E-state index in [9.17, 15) is 4.79 Å². The van der Waals surface area contributed by atoms with Crippen molar-refractivity contribution in [3.63, 3.8) is 0 Å². The highest BCUT2D eigenvalue weighted by Gasteiger charge is 2.26. The lowest BCUT2D eigenvalue weighted by molar-refractivity contribution is 0.0955. The Labute approximate surface area is 170 Å². The second kappa shape index (κ2) is 8.86. The molecular weight excluding hydrogens is 364 g/mol. The Morgan fingerprint density at radius 2 is 2.17 bits per heavy atom. The molecule has 0 unspecified atom stereocenters. The number of pyridine rings is 2. The molecule has 0 radical (unpaired) electrons. The Morgan fingerprint density at radius 1 is 1.24 bits per heavy atom. The number of piperidine rings is 1. The van der Waals surface area contributed by atoms with Crippen molar-refractivity contribution in [2.24, 2.45) is 0 Å². The number of rotatable bonds is 6. The summed E-state index contributed by atoms with van der Waals surface area (Å²) < 4.78 is 2.21. The molecule has 150 valence electrons. The molecule has 0 aliphatic carbocycles. The largest absolute Gasteiger partial charge is 0.356 e. The SMILES string of the molecule is CCNC(=O)c1ccnc(N2CCC[C@@H](c3nccn3Cc3cccnc3)C2)c1. The van der Waals surface area contributed by atoms with Gasteiger partial charge in [-0.2, -0.15) is 0 Å². The van der Waals surface area contributed by atoms with Crippen LogP contribution in [0.25, 0.3) is 0 Å². The van der Waals surface area contributed by atoms with E-state index in [1.807, 2.05) is 37.6 Å². The van der Waals surface area contributed by atoms with E-state index >= 15 is 0 Å². The van der Waals surface area contributed by atoms with E-state index in [1.165, 1.54) is 0 Å². The predicted molar refractivity (Wildman–Crippen MR) is 112 cm³/mol.